The van der Waals surface area contributed by atoms with Gasteiger partial charge in [-0.2, -0.15) is 0 Å². The lowest BCUT2D eigenvalue weighted by atomic mass is 10.5. The van der Waals surface area contributed by atoms with Gasteiger partial charge < -0.3 is 0 Å². The lowest BCUT2D eigenvalue weighted by Crippen LogP contribution is -1.85. The fourth-order valence-corrected chi connectivity index (χ4v) is 0.693. The Labute approximate surface area is 67.8 Å². The Morgan fingerprint density at radius 3 is 2.50 bits per heavy atom. The monoisotopic (exact) mass is 196 g/mol. The van der Waals surface area contributed by atoms with Gasteiger partial charge in [0.2, 0.25) is 5.82 Å². The summed E-state index contributed by atoms with van der Waals surface area (Å²) in [5, 5.41) is 0. The maximum Gasteiger partial charge on any atom is 0.204 e. The van der Waals surface area contributed by atoms with E-state index in [0.29, 0.717) is 5.82 Å². The predicted octanol–water partition coefficient (Wildman–Crippen LogP) is 1.61. The van der Waals surface area contributed by atoms with Crippen LogP contribution in [0, 0.1) is 11.8 Å². The third kappa shape index (κ3) is 1.82. The number of nitrogens with zero attached hydrogens (tertiary/aromatic N) is 2. The highest BCUT2D eigenvalue weighted by molar-refractivity contribution is 9.10. The van der Waals surface area contributed by atoms with Crippen LogP contribution in [0.5, 0.6) is 0 Å². The van der Waals surface area contributed by atoms with E-state index in [2.05, 4.69) is 37.7 Å². The van der Waals surface area contributed by atoms with Crippen molar-refractivity contribution in [2.24, 2.45) is 0 Å². The lowest BCUT2D eigenvalue weighted by molar-refractivity contribution is 1.11. The van der Waals surface area contributed by atoms with E-state index in [0.717, 1.165) is 4.47 Å². The summed E-state index contributed by atoms with van der Waals surface area (Å²) in [5.74, 6) is 6.02. The highest BCUT2D eigenvalue weighted by Gasteiger charge is 1.87. The maximum absolute atomic E-state index is 3.94. The molecular formula is C7H5BrN2. The Morgan fingerprint density at radius 2 is 2.00 bits per heavy atom. The molecule has 0 aromatic carbocycles. The van der Waals surface area contributed by atoms with Gasteiger partial charge in [-0.3, -0.25) is 0 Å². The summed E-state index contributed by atoms with van der Waals surface area (Å²) < 4.78 is 0.870. The molecule has 1 rings (SSSR count). The van der Waals surface area contributed by atoms with E-state index in [1.54, 1.807) is 19.3 Å². The number of hydrogen-bond acceptors (Lipinski definition) is 2. The fraction of sp³-hybridized carbons (Fsp3) is 0.143. The minimum absolute atomic E-state index is 0.561. The van der Waals surface area contributed by atoms with Gasteiger partial charge in [0.25, 0.3) is 0 Å². The minimum Gasteiger partial charge on any atom is -0.228 e. The first-order valence-corrected chi connectivity index (χ1v) is 3.52. The van der Waals surface area contributed by atoms with E-state index in [9.17, 15) is 0 Å². The number of aromatic nitrogens is 2. The highest BCUT2D eigenvalue weighted by Crippen LogP contribution is 2.03. The molecule has 1 aromatic heterocycles. The average Bonchev–Trinajstić information content (AvgIpc) is 1.95. The Kier molecular flexibility index (Phi) is 2.41. The molecule has 0 N–H and O–H groups in total. The largest absolute Gasteiger partial charge is 0.228 e. The van der Waals surface area contributed by atoms with Gasteiger partial charge in [-0.05, 0) is 28.8 Å². The summed E-state index contributed by atoms with van der Waals surface area (Å²) in [5.41, 5.74) is 0. The summed E-state index contributed by atoms with van der Waals surface area (Å²) in [6, 6.07) is 0. The molecule has 2 nitrogen and oxygen atoms in total. The molecule has 50 valence electrons. The number of rotatable bonds is 0. The molecule has 0 atom stereocenters. The zero-order chi connectivity index (χ0) is 7.40. The molecular weight excluding hydrogens is 192 g/mol. The van der Waals surface area contributed by atoms with Crippen molar-refractivity contribution in [2.75, 3.05) is 0 Å². The lowest BCUT2D eigenvalue weighted by Gasteiger charge is -1.87. The summed E-state index contributed by atoms with van der Waals surface area (Å²) in [6.07, 6.45) is 3.35. The van der Waals surface area contributed by atoms with Gasteiger partial charge in [-0.1, -0.05) is 5.92 Å². The van der Waals surface area contributed by atoms with Gasteiger partial charge in [0.1, 0.15) is 0 Å². The van der Waals surface area contributed by atoms with Crippen LogP contribution in [-0.4, -0.2) is 9.97 Å². The van der Waals surface area contributed by atoms with Gasteiger partial charge in [0.05, 0.1) is 4.47 Å². The van der Waals surface area contributed by atoms with Crippen molar-refractivity contribution in [2.45, 2.75) is 6.92 Å². The summed E-state index contributed by atoms with van der Waals surface area (Å²) >= 11 is 3.22. The molecule has 1 heterocycles. The fourth-order valence-electron chi connectivity index (χ4n) is 0.489. The smallest absolute Gasteiger partial charge is 0.204 e. The zero-order valence-corrected chi connectivity index (χ0v) is 7.01. The first kappa shape index (κ1) is 7.23. The van der Waals surface area contributed by atoms with Crippen LogP contribution in [0.4, 0.5) is 0 Å². The van der Waals surface area contributed by atoms with Gasteiger partial charge in [-0.25, -0.2) is 9.97 Å². The summed E-state index contributed by atoms with van der Waals surface area (Å²) in [4.78, 5) is 7.87. The normalized spacial score (nSPS) is 8.20. The van der Waals surface area contributed by atoms with Crippen molar-refractivity contribution in [3.05, 3.63) is 22.7 Å². The molecule has 10 heavy (non-hydrogen) atoms. The molecule has 0 aliphatic rings. The molecule has 0 aliphatic heterocycles. The van der Waals surface area contributed by atoms with Gasteiger partial charge >= 0.3 is 0 Å². The second-order valence-electron chi connectivity index (χ2n) is 1.60. The second-order valence-corrected chi connectivity index (χ2v) is 2.52. The van der Waals surface area contributed by atoms with Crippen molar-refractivity contribution in [1.29, 1.82) is 0 Å². The standard InChI is InChI=1S/C7H5BrN2/c1-2-3-7-9-4-6(8)5-10-7/h4-5H,1H3. The molecule has 3 heteroatoms. The molecule has 0 aliphatic carbocycles. The van der Waals surface area contributed by atoms with E-state index in [4.69, 9.17) is 0 Å². The van der Waals surface area contributed by atoms with Crippen LogP contribution in [0.25, 0.3) is 0 Å². The van der Waals surface area contributed by atoms with E-state index < -0.39 is 0 Å². The van der Waals surface area contributed by atoms with E-state index >= 15 is 0 Å². The van der Waals surface area contributed by atoms with E-state index in [1.807, 2.05) is 0 Å². The van der Waals surface area contributed by atoms with Crippen molar-refractivity contribution in [3.63, 3.8) is 0 Å². The van der Waals surface area contributed by atoms with Crippen LogP contribution < -0.4 is 0 Å². The van der Waals surface area contributed by atoms with Crippen molar-refractivity contribution >= 4 is 15.9 Å². The highest BCUT2D eigenvalue weighted by atomic mass is 79.9. The third-order valence-electron chi connectivity index (χ3n) is 0.857. The predicted molar refractivity (Wildman–Crippen MR) is 42.3 cm³/mol. The number of hydrogen-bond donors (Lipinski definition) is 0. The van der Waals surface area contributed by atoms with Crippen LogP contribution in [0.2, 0.25) is 0 Å². The Balaban J connectivity index is 2.97. The minimum atomic E-state index is 0.561. The van der Waals surface area contributed by atoms with Crippen LogP contribution in [0.3, 0.4) is 0 Å². The molecule has 0 fully saturated rings. The summed E-state index contributed by atoms with van der Waals surface area (Å²) in [6.45, 7) is 1.76. The molecule has 0 unspecified atom stereocenters. The van der Waals surface area contributed by atoms with Crippen molar-refractivity contribution < 1.29 is 0 Å². The molecule has 1 aromatic rings. The second kappa shape index (κ2) is 3.33. The average molecular weight is 197 g/mol. The first-order valence-electron chi connectivity index (χ1n) is 2.73. The number of halogens is 1. The molecule has 0 saturated heterocycles. The molecule has 0 bridgehead atoms. The topological polar surface area (TPSA) is 25.8 Å². The molecule has 0 saturated carbocycles. The Morgan fingerprint density at radius 1 is 1.40 bits per heavy atom. The Hall–Kier alpha value is -0.880. The molecule has 0 spiro atoms. The van der Waals surface area contributed by atoms with Crippen LogP contribution in [0.15, 0.2) is 16.9 Å². The van der Waals surface area contributed by atoms with Crippen LogP contribution >= 0.6 is 15.9 Å². The van der Waals surface area contributed by atoms with Crippen molar-refractivity contribution in [3.8, 4) is 11.8 Å². The van der Waals surface area contributed by atoms with Crippen LogP contribution in [0.1, 0.15) is 12.7 Å². The van der Waals surface area contributed by atoms with Crippen LogP contribution in [-0.2, 0) is 0 Å². The SMILES string of the molecule is CC#Cc1ncc(Br)cn1. The summed E-state index contributed by atoms with van der Waals surface area (Å²) in [7, 11) is 0. The third-order valence-corrected chi connectivity index (χ3v) is 1.27. The maximum atomic E-state index is 3.94. The molecule has 0 radical (unpaired) electrons. The van der Waals surface area contributed by atoms with Gasteiger partial charge in [0, 0.05) is 12.4 Å². The van der Waals surface area contributed by atoms with Crippen molar-refractivity contribution in [1.82, 2.24) is 9.97 Å². The quantitative estimate of drug-likeness (QED) is 0.590. The first-order chi connectivity index (χ1) is 4.83. The molecule has 0 amide bonds. The zero-order valence-electron chi connectivity index (χ0n) is 5.43. The Bertz CT molecular complexity index is 268. The van der Waals surface area contributed by atoms with E-state index in [-0.39, 0.29) is 0 Å². The van der Waals surface area contributed by atoms with Gasteiger partial charge in [-0.15, -0.1) is 0 Å². The van der Waals surface area contributed by atoms with Gasteiger partial charge in [0.15, 0.2) is 0 Å². The van der Waals surface area contributed by atoms with E-state index in [1.165, 1.54) is 0 Å².